The minimum Gasteiger partial charge on any atom is -0.351 e. The number of benzene rings is 3. The lowest BCUT2D eigenvalue weighted by Gasteiger charge is -2.37. The van der Waals surface area contributed by atoms with E-state index in [4.69, 9.17) is 21.7 Å². The molecule has 1 aromatic heterocycles. The normalized spacial score (nSPS) is 16.2. The van der Waals surface area contributed by atoms with Gasteiger partial charge in [0.1, 0.15) is 5.82 Å². The number of allylic oxidation sites excluding steroid dienone is 1. The lowest BCUT2D eigenvalue weighted by molar-refractivity contribution is 0.404. The third kappa shape index (κ3) is 4.03. The van der Waals surface area contributed by atoms with E-state index in [0.29, 0.717) is 16.8 Å². The van der Waals surface area contributed by atoms with Gasteiger partial charge in [0.05, 0.1) is 11.6 Å². The minimum absolute atomic E-state index is 0.279. The number of aromatic nitrogens is 2. The van der Waals surface area contributed by atoms with Crippen LogP contribution in [0, 0.1) is 12.7 Å². The lowest BCUT2D eigenvalue weighted by Crippen LogP contribution is -2.46. The van der Waals surface area contributed by atoms with E-state index >= 15 is 0 Å². The number of rotatable bonds is 4. The van der Waals surface area contributed by atoms with Crippen molar-refractivity contribution in [3.8, 4) is 11.4 Å². The molecule has 5 nitrogen and oxygen atoms in total. The van der Waals surface area contributed by atoms with Crippen molar-refractivity contribution in [3.63, 3.8) is 0 Å². The molecular weight excluding hydrogens is 435 g/mol. The van der Waals surface area contributed by atoms with E-state index in [2.05, 4.69) is 34.7 Å². The Hall–Kier alpha value is -3.84. The van der Waals surface area contributed by atoms with E-state index < -0.39 is 0 Å². The zero-order valence-corrected chi connectivity index (χ0v) is 18.9. The van der Waals surface area contributed by atoms with Gasteiger partial charge >= 0.3 is 0 Å². The van der Waals surface area contributed by atoms with Crippen molar-refractivity contribution >= 4 is 28.6 Å². The van der Waals surface area contributed by atoms with Crippen LogP contribution in [0.3, 0.4) is 0 Å². The molecule has 0 bridgehead atoms. The summed E-state index contributed by atoms with van der Waals surface area (Å²) in [5.41, 5.74) is 5.44. The minimum atomic E-state index is -0.307. The number of anilines is 1. The summed E-state index contributed by atoms with van der Waals surface area (Å²) in [5, 5.41) is 8.15. The maximum absolute atomic E-state index is 13.6. The van der Waals surface area contributed by atoms with E-state index in [0.717, 1.165) is 33.6 Å². The fourth-order valence-electron chi connectivity index (χ4n) is 3.97. The third-order valence-corrected chi connectivity index (χ3v) is 5.97. The Bertz CT molecular complexity index is 1330. The maximum atomic E-state index is 13.6. The van der Waals surface area contributed by atoms with Crippen molar-refractivity contribution in [2.24, 2.45) is 0 Å². The Morgan fingerprint density at radius 3 is 2.33 bits per heavy atom. The molecule has 0 spiro atoms. The highest BCUT2D eigenvalue weighted by Gasteiger charge is 2.34. The summed E-state index contributed by atoms with van der Waals surface area (Å²) < 4.78 is 19.3. The van der Waals surface area contributed by atoms with Gasteiger partial charge in [-0.15, -0.1) is 0 Å². The first kappa shape index (κ1) is 21.0. The quantitative estimate of drug-likeness (QED) is 0.377. The summed E-state index contributed by atoms with van der Waals surface area (Å²) in [4.78, 5) is 6.57. The summed E-state index contributed by atoms with van der Waals surface area (Å²) in [5.74, 6) is 0.604. The molecule has 0 amide bonds. The number of thiocarbonyl (C=S) groups is 1. The van der Waals surface area contributed by atoms with Crippen molar-refractivity contribution in [1.29, 1.82) is 0 Å². The van der Waals surface area contributed by atoms with Crippen molar-refractivity contribution < 1.29 is 8.91 Å². The second-order valence-electron chi connectivity index (χ2n) is 7.89. The standard InChI is InChI=1S/C26H21FN4OS/c1-16-8-10-18(11-9-16)23-22(25-29-24(30-32-25)19-6-4-3-5-7-19)17(2)31(26(33)28-23)21-14-12-20(27)13-15-21/h3-15,23H,1-2H3,(H,28,33). The predicted molar refractivity (Wildman–Crippen MR) is 131 cm³/mol. The fourth-order valence-corrected chi connectivity index (χ4v) is 4.33. The highest BCUT2D eigenvalue weighted by molar-refractivity contribution is 7.80. The Balaban J connectivity index is 1.65. The summed E-state index contributed by atoms with van der Waals surface area (Å²) in [6.07, 6.45) is 0. The van der Waals surface area contributed by atoms with Gasteiger partial charge in [-0.1, -0.05) is 65.3 Å². The molecule has 4 aromatic rings. The number of aryl methyl sites for hydroxylation is 1. The maximum Gasteiger partial charge on any atom is 0.258 e. The van der Waals surface area contributed by atoms with Gasteiger partial charge in [0.2, 0.25) is 5.82 Å². The number of hydrogen-bond donors (Lipinski definition) is 1. The van der Waals surface area contributed by atoms with Crippen molar-refractivity contribution in [2.75, 3.05) is 4.90 Å². The highest BCUT2D eigenvalue weighted by Crippen LogP contribution is 2.39. The first-order valence-corrected chi connectivity index (χ1v) is 10.9. The molecule has 3 aromatic carbocycles. The number of halogens is 1. The van der Waals surface area contributed by atoms with Gasteiger partial charge in [-0.2, -0.15) is 4.98 Å². The molecule has 1 aliphatic rings. The molecule has 1 aliphatic heterocycles. The molecule has 2 heterocycles. The molecule has 1 atom stereocenters. The molecule has 0 fully saturated rings. The number of hydrogen-bond acceptors (Lipinski definition) is 4. The zero-order chi connectivity index (χ0) is 22.9. The average molecular weight is 457 g/mol. The highest BCUT2D eigenvalue weighted by atomic mass is 32.1. The molecule has 0 aliphatic carbocycles. The third-order valence-electron chi connectivity index (χ3n) is 5.67. The van der Waals surface area contributed by atoms with Gasteiger partial charge in [-0.25, -0.2) is 4.39 Å². The van der Waals surface area contributed by atoms with Crippen LogP contribution in [0.5, 0.6) is 0 Å². The van der Waals surface area contributed by atoms with Crippen LogP contribution in [-0.2, 0) is 0 Å². The molecule has 1 N–H and O–H groups in total. The fraction of sp³-hybridized carbons (Fsp3) is 0.115. The summed E-state index contributed by atoms with van der Waals surface area (Å²) >= 11 is 5.73. The lowest BCUT2D eigenvalue weighted by atomic mass is 9.94. The van der Waals surface area contributed by atoms with E-state index in [1.165, 1.54) is 12.1 Å². The molecule has 33 heavy (non-hydrogen) atoms. The molecule has 0 saturated heterocycles. The first-order valence-electron chi connectivity index (χ1n) is 10.5. The van der Waals surface area contributed by atoms with Crippen molar-refractivity contribution in [3.05, 3.63) is 107 Å². The van der Waals surface area contributed by atoms with Gasteiger partial charge in [-0.3, -0.25) is 4.90 Å². The molecule has 0 saturated carbocycles. The average Bonchev–Trinajstić information content (AvgIpc) is 3.31. The van der Waals surface area contributed by atoms with Crippen LogP contribution in [-0.4, -0.2) is 15.3 Å². The van der Waals surface area contributed by atoms with Gasteiger partial charge in [-0.05, 0) is 55.9 Å². The second-order valence-corrected chi connectivity index (χ2v) is 8.28. The van der Waals surface area contributed by atoms with Crippen LogP contribution < -0.4 is 10.2 Å². The van der Waals surface area contributed by atoms with Crippen LogP contribution in [0.1, 0.15) is 30.0 Å². The zero-order valence-electron chi connectivity index (χ0n) is 18.1. The Kier molecular flexibility index (Phi) is 5.48. The van der Waals surface area contributed by atoms with E-state index in [-0.39, 0.29) is 11.9 Å². The summed E-state index contributed by atoms with van der Waals surface area (Å²) in [7, 11) is 0. The van der Waals surface area contributed by atoms with Crippen molar-refractivity contribution in [2.45, 2.75) is 19.9 Å². The first-order chi connectivity index (χ1) is 16.0. The summed E-state index contributed by atoms with van der Waals surface area (Å²) in [6, 6.07) is 23.9. The predicted octanol–water partition coefficient (Wildman–Crippen LogP) is 6.05. The van der Waals surface area contributed by atoms with Crippen LogP contribution in [0.25, 0.3) is 17.0 Å². The largest absolute Gasteiger partial charge is 0.351 e. The van der Waals surface area contributed by atoms with Crippen LogP contribution >= 0.6 is 12.2 Å². The monoisotopic (exact) mass is 456 g/mol. The van der Waals surface area contributed by atoms with Gasteiger partial charge < -0.3 is 9.84 Å². The number of nitrogens with zero attached hydrogens (tertiary/aromatic N) is 3. The molecule has 0 radical (unpaired) electrons. The second kappa shape index (κ2) is 8.60. The Morgan fingerprint density at radius 2 is 1.64 bits per heavy atom. The van der Waals surface area contributed by atoms with E-state index in [1.807, 2.05) is 49.1 Å². The van der Waals surface area contributed by atoms with Gasteiger partial charge in [0.15, 0.2) is 5.11 Å². The van der Waals surface area contributed by atoms with Gasteiger partial charge in [0, 0.05) is 16.9 Å². The Labute approximate surface area is 196 Å². The molecule has 1 unspecified atom stereocenters. The topological polar surface area (TPSA) is 54.2 Å². The molecular formula is C26H21FN4OS. The Morgan fingerprint density at radius 1 is 0.939 bits per heavy atom. The smallest absolute Gasteiger partial charge is 0.258 e. The van der Waals surface area contributed by atoms with Crippen molar-refractivity contribution in [1.82, 2.24) is 15.5 Å². The van der Waals surface area contributed by atoms with E-state index in [9.17, 15) is 4.39 Å². The number of nitrogens with one attached hydrogen (secondary N) is 1. The van der Waals surface area contributed by atoms with Gasteiger partial charge in [0.25, 0.3) is 5.89 Å². The van der Waals surface area contributed by atoms with Crippen LogP contribution in [0.15, 0.2) is 89.1 Å². The SMILES string of the molecule is CC1=C(c2nc(-c3ccccc3)no2)C(c2ccc(C)cc2)NC(=S)N1c1ccc(F)cc1. The molecule has 164 valence electrons. The van der Waals surface area contributed by atoms with E-state index in [1.54, 1.807) is 12.1 Å². The molecule has 5 rings (SSSR count). The van der Waals surface area contributed by atoms with Crippen LogP contribution in [0.4, 0.5) is 10.1 Å². The summed E-state index contributed by atoms with van der Waals surface area (Å²) in [6.45, 7) is 4.00. The molecule has 7 heteroatoms. The van der Waals surface area contributed by atoms with Crippen LogP contribution in [0.2, 0.25) is 0 Å².